The summed E-state index contributed by atoms with van der Waals surface area (Å²) >= 11 is 0. The molecule has 0 aliphatic carbocycles. The number of carbonyl (C=O) groups is 1. The van der Waals surface area contributed by atoms with Crippen LogP contribution in [0.4, 0.5) is 0 Å². The van der Waals surface area contributed by atoms with Crippen molar-refractivity contribution >= 4 is 5.91 Å². The molecule has 3 heteroatoms. The molecule has 3 nitrogen and oxygen atoms in total. The average molecular weight is 177 g/mol. The van der Waals surface area contributed by atoms with Gasteiger partial charge in [0.2, 0.25) is 5.91 Å². The van der Waals surface area contributed by atoms with Crippen LogP contribution in [-0.2, 0) is 4.79 Å². The number of carbonyl (C=O) groups excluding carboxylic acids is 1. The van der Waals surface area contributed by atoms with Crippen molar-refractivity contribution in [3.8, 4) is 0 Å². The van der Waals surface area contributed by atoms with E-state index < -0.39 is 0 Å². The third-order valence-corrected chi connectivity index (χ3v) is 1.72. The predicted molar refractivity (Wildman–Crippen MR) is 51.7 cm³/mol. The Labute approximate surface area is 77.9 Å². The second-order valence-corrected chi connectivity index (χ2v) is 2.73. The zero-order chi connectivity index (χ0) is 9.68. The summed E-state index contributed by atoms with van der Waals surface area (Å²) in [6.45, 7) is 3.81. The second kappa shape index (κ2) is 4.62. The van der Waals surface area contributed by atoms with Gasteiger partial charge >= 0.3 is 0 Å². The summed E-state index contributed by atoms with van der Waals surface area (Å²) < 4.78 is 0. The molecule has 0 bridgehead atoms. The van der Waals surface area contributed by atoms with Crippen LogP contribution in [0.25, 0.3) is 0 Å². The van der Waals surface area contributed by atoms with Crippen molar-refractivity contribution in [3.63, 3.8) is 0 Å². The van der Waals surface area contributed by atoms with Gasteiger partial charge in [0, 0.05) is 0 Å². The summed E-state index contributed by atoms with van der Waals surface area (Å²) in [5.74, 6) is -0.191. The molecular weight excluding hydrogens is 164 g/mol. The molecular formula is C10H13N2O. The lowest BCUT2D eigenvalue weighted by molar-refractivity contribution is -0.120. The molecule has 1 atom stereocenters. The summed E-state index contributed by atoms with van der Waals surface area (Å²) in [5, 5.41) is 2.67. The van der Waals surface area contributed by atoms with Crippen molar-refractivity contribution in [1.29, 1.82) is 0 Å². The Kier molecular flexibility index (Phi) is 3.46. The highest BCUT2D eigenvalue weighted by Crippen LogP contribution is 2.09. The molecule has 0 aromatic heterocycles. The maximum atomic E-state index is 10.9. The molecule has 3 N–H and O–H groups in total. The van der Waals surface area contributed by atoms with Gasteiger partial charge in [-0.05, 0) is 12.5 Å². The Bertz CT molecular complexity index is 272. The highest BCUT2D eigenvalue weighted by Gasteiger charge is 2.06. The fourth-order valence-corrected chi connectivity index (χ4v) is 1.02. The Morgan fingerprint density at radius 1 is 1.46 bits per heavy atom. The fraction of sp³-hybridized carbons (Fsp3) is 0.200. The van der Waals surface area contributed by atoms with Gasteiger partial charge in [-0.3, -0.25) is 4.79 Å². The first-order chi connectivity index (χ1) is 6.24. The maximum Gasteiger partial charge on any atom is 0.234 e. The van der Waals surface area contributed by atoms with Gasteiger partial charge in [-0.25, -0.2) is 0 Å². The Morgan fingerprint density at radius 2 is 2.08 bits per heavy atom. The molecule has 1 aromatic rings. The van der Waals surface area contributed by atoms with Gasteiger partial charge in [0.15, 0.2) is 0 Å². The van der Waals surface area contributed by atoms with Gasteiger partial charge in [0.05, 0.1) is 12.6 Å². The van der Waals surface area contributed by atoms with Crippen LogP contribution in [-0.4, -0.2) is 12.5 Å². The molecule has 0 fully saturated rings. The number of hydrogen-bond donors (Lipinski definition) is 2. The first-order valence-electron chi connectivity index (χ1n) is 4.11. The van der Waals surface area contributed by atoms with Gasteiger partial charge in [-0.2, -0.15) is 0 Å². The van der Waals surface area contributed by atoms with Crippen molar-refractivity contribution in [2.75, 3.05) is 6.54 Å². The molecule has 1 radical (unpaired) electrons. The zero-order valence-corrected chi connectivity index (χ0v) is 7.36. The van der Waals surface area contributed by atoms with E-state index in [1.165, 1.54) is 0 Å². The van der Waals surface area contributed by atoms with Crippen LogP contribution in [0.5, 0.6) is 0 Å². The minimum atomic E-state index is -0.225. The van der Waals surface area contributed by atoms with Gasteiger partial charge in [-0.15, -0.1) is 0 Å². The molecule has 13 heavy (non-hydrogen) atoms. The van der Waals surface area contributed by atoms with Crippen molar-refractivity contribution < 1.29 is 4.79 Å². The Morgan fingerprint density at radius 3 is 2.62 bits per heavy atom. The molecule has 0 saturated heterocycles. The maximum absolute atomic E-state index is 10.9. The Hall–Kier alpha value is -1.35. The third kappa shape index (κ3) is 2.87. The highest BCUT2D eigenvalue weighted by atomic mass is 16.1. The molecule has 0 aliphatic heterocycles. The minimum Gasteiger partial charge on any atom is -0.348 e. The smallest absolute Gasteiger partial charge is 0.234 e. The number of benzene rings is 1. The minimum absolute atomic E-state index is 0.00114. The quantitative estimate of drug-likeness (QED) is 0.711. The van der Waals surface area contributed by atoms with Crippen LogP contribution < -0.4 is 11.1 Å². The summed E-state index contributed by atoms with van der Waals surface area (Å²) in [6.07, 6.45) is 0. The largest absolute Gasteiger partial charge is 0.348 e. The number of nitrogens with two attached hydrogens (primary N) is 1. The van der Waals surface area contributed by atoms with Crippen molar-refractivity contribution in [2.45, 2.75) is 6.04 Å². The number of hydrogen-bond acceptors (Lipinski definition) is 2. The summed E-state index contributed by atoms with van der Waals surface area (Å²) in [7, 11) is 0. The molecule has 0 unspecified atom stereocenters. The van der Waals surface area contributed by atoms with Crippen molar-refractivity contribution in [2.24, 2.45) is 5.73 Å². The van der Waals surface area contributed by atoms with E-state index >= 15 is 0 Å². The molecule has 69 valence electrons. The third-order valence-electron chi connectivity index (χ3n) is 1.72. The average Bonchev–Trinajstić information content (AvgIpc) is 2.19. The van der Waals surface area contributed by atoms with E-state index in [9.17, 15) is 4.79 Å². The lowest BCUT2D eigenvalue weighted by atomic mass is 10.1. The molecule has 0 saturated carbocycles. The predicted octanol–water partition coefficient (Wildman–Crippen LogP) is 0.637. The lowest BCUT2D eigenvalue weighted by Crippen LogP contribution is -2.32. The van der Waals surface area contributed by atoms with Gasteiger partial charge in [-0.1, -0.05) is 30.3 Å². The van der Waals surface area contributed by atoms with E-state index in [2.05, 4.69) is 12.2 Å². The van der Waals surface area contributed by atoms with Crippen LogP contribution in [0.2, 0.25) is 0 Å². The topological polar surface area (TPSA) is 55.1 Å². The first-order valence-corrected chi connectivity index (χ1v) is 4.11. The van der Waals surface area contributed by atoms with E-state index in [1.807, 2.05) is 30.3 Å². The molecule has 0 heterocycles. The fourth-order valence-electron chi connectivity index (χ4n) is 1.02. The number of rotatable bonds is 3. The summed E-state index contributed by atoms with van der Waals surface area (Å²) in [4.78, 5) is 10.9. The monoisotopic (exact) mass is 177 g/mol. The summed E-state index contributed by atoms with van der Waals surface area (Å²) in [6, 6.07) is 9.32. The van der Waals surface area contributed by atoms with Crippen LogP contribution >= 0.6 is 0 Å². The van der Waals surface area contributed by atoms with E-state index in [0.29, 0.717) is 0 Å². The molecule has 1 aromatic carbocycles. The van der Waals surface area contributed by atoms with Gasteiger partial charge < -0.3 is 11.1 Å². The molecule has 1 rings (SSSR count). The molecule has 0 aliphatic rings. The number of nitrogens with one attached hydrogen (secondary N) is 1. The zero-order valence-electron chi connectivity index (χ0n) is 7.36. The van der Waals surface area contributed by atoms with Crippen LogP contribution in [0.3, 0.4) is 0 Å². The molecule has 0 spiro atoms. The highest BCUT2D eigenvalue weighted by molar-refractivity contribution is 5.78. The normalized spacial score (nSPS) is 12.2. The van der Waals surface area contributed by atoms with Crippen LogP contribution in [0.15, 0.2) is 30.3 Å². The van der Waals surface area contributed by atoms with Crippen molar-refractivity contribution in [3.05, 3.63) is 42.8 Å². The van der Waals surface area contributed by atoms with E-state index in [1.54, 1.807) is 0 Å². The van der Waals surface area contributed by atoms with Crippen molar-refractivity contribution in [1.82, 2.24) is 5.32 Å². The Balaban J connectivity index is 2.59. The first kappa shape index (κ1) is 9.74. The van der Waals surface area contributed by atoms with Gasteiger partial charge in [0.25, 0.3) is 0 Å². The van der Waals surface area contributed by atoms with Crippen LogP contribution in [0, 0.1) is 6.92 Å². The van der Waals surface area contributed by atoms with E-state index in [-0.39, 0.29) is 18.5 Å². The van der Waals surface area contributed by atoms with E-state index in [0.717, 1.165) is 5.56 Å². The summed E-state index contributed by atoms with van der Waals surface area (Å²) in [5.41, 5.74) is 6.13. The van der Waals surface area contributed by atoms with Gasteiger partial charge in [0.1, 0.15) is 0 Å². The second-order valence-electron chi connectivity index (χ2n) is 2.73. The number of amides is 1. The van der Waals surface area contributed by atoms with E-state index in [4.69, 9.17) is 5.73 Å². The lowest BCUT2D eigenvalue weighted by Gasteiger charge is -2.12. The standard InChI is InChI=1S/C10H13N2O/c1-8(12-10(13)7-11)9-5-3-2-4-6-9/h2-6,8H,1,7,11H2,(H,12,13)/t8-/m0/s1. The van der Waals surface area contributed by atoms with Crippen LogP contribution in [0.1, 0.15) is 11.6 Å². The SMILES string of the molecule is [CH2][C@H](NC(=O)CN)c1ccccc1. The molecule has 1 amide bonds.